The Labute approximate surface area is 173 Å². The number of carbonyl (C=O) groups excluding carboxylic acids is 2. The third kappa shape index (κ3) is 5.73. The zero-order valence-corrected chi connectivity index (χ0v) is 16.2. The number of carbonyl (C=O) groups is 2. The van der Waals surface area contributed by atoms with Crippen LogP contribution in [0.3, 0.4) is 0 Å². The van der Waals surface area contributed by atoms with Crippen LogP contribution in [-0.2, 0) is 14.3 Å². The molecule has 182 valence electrons. The lowest BCUT2D eigenvalue weighted by Gasteiger charge is -2.31. The Morgan fingerprint density at radius 3 is 1.91 bits per heavy atom. The molecule has 0 spiro atoms. The Hall–Kier alpha value is -2.74. The smallest absolute Gasteiger partial charge is 0.465 e. The average Bonchev–Trinajstić information content (AvgIpc) is 2.68. The highest BCUT2D eigenvalue weighted by atomic mass is 19.4. The van der Waals surface area contributed by atoms with E-state index in [-0.39, 0.29) is 10.6 Å². The van der Waals surface area contributed by atoms with Gasteiger partial charge in [0, 0.05) is 6.54 Å². The van der Waals surface area contributed by atoms with Gasteiger partial charge in [0.2, 0.25) is 0 Å². The summed E-state index contributed by atoms with van der Waals surface area (Å²) in [6.07, 6.45) is -15.0. The van der Waals surface area contributed by atoms with E-state index in [1.807, 2.05) is 0 Å². The van der Waals surface area contributed by atoms with Crippen molar-refractivity contribution in [2.45, 2.75) is 37.2 Å². The molecule has 0 N–H and O–H groups in total. The first-order valence-electron chi connectivity index (χ1n) is 8.43. The maximum absolute atomic E-state index is 13.4. The molecule has 0 saturated carbocycles. The molecule has 15 heteroatoms. The molecule has 0 aliphatic rings. The van der Waals surface area contributed by atoms with Crippen LogP contribution in [0, 0.1) is 0 Å². The lowest BCUT2D eigenvalue weighted by molar-refractivity contribution is -0.283. The Morgan fingerprint density at radius 2 is 1.47 bits per heavy atom. The number of methoxy groups -OCH3 is 1. The van der Waals surface area contributed by atoms with Gasteiger partial charge in [0.25, 0.3) is 0 Å². The second kappa shape index (κ2) is 9.40. The van der Waals surface area contributed by atoms with Gasteiger partial charge in [0.15, 0.2) is 0 Å². The van der Waals surface area contributed by atoms with Crippen molar-refractivity contribution < 1.29 is 63.0 Å². The van der Waals surface area contributed by atoms with E-state index in [0.717, 1.165) is 32.2 Å². The molecule has 1 rings (SSSR count). The number of hydrogen-bond donors (Lipinski definition) is 0. The molecule has 0 heterocycles. The van der Waals surface area contributed by atoms with E-state index >= 15 is 0 Å². The number of rotatable bonds is 8. The fraction of sp³-hybridized carbons (Fsp3) is 0.529. The molecule has 0 radical (unpaired) electrons. The van der Waals surface area contributed by atoms with Crippen molar-refractivity contribution in [2.24, 2.45) is 0 Å². The van der Waals surface area contributed by atoms with E-state index < -0.39 is 60.8 Å². The average molecular weight is 487 g/mol. The Morgan fingerprint density at radius 1 is 0.938 bits per heavy atom. The summed E-state index contributed by atoms with van der Waals surface area (Å²) in [5.41, 5.74) is -0.419. The SMILES string of the molecule is CCN(C[C@H](OC(=O)C(F)(F)C(F)(F)F)c1cccc(OC)c1)C(=O)C(F)(F)C(F)(F)F. The zero-order valence-electron chi connectivity index (χ0n) is 16.2. The van der Waals surface area contributed by atoms with Crippen LogP contribution in [0.1, 0.15) is 18.6 Å². The second-order valence-electron chi connectivity index (χ2n) is 6.16. The Balaban J connectivity index is 3.37. The first-order chi connectivity index (χ1) is 14.4. The van der Waals surface area contributed by atoms with E-state index in [4.69, 9.17) is 4.74 Å². The molecule has 0 fully saturated rings. The summed E-state index contributed by atoms with van der Waals surface area (Å²) in [4.78, 5) is 23.0. The number of esters is 1. The van der Waals surface area contributed by atoms with Crippen LogP contribution in [-0.4, -0.2) is 61.2 Å². The standard InChI is InChI=1S/C17H15F10NO4/c1-3-28(12(29)14(18,19)16(22,23)24)8-11(9-5-4-6-10(7-9)31-2)32-13(30)15(20,21)17(25,26)27/h4-7,11H,3,8H2,1-2H3/t11-/m0/s1. The van der Waals surface area contributed by atoms with Gasteiger partial charge in [0.1, 0.15) is 11.9 Å². The number of ether oxygens (including phenoxy) is 2. The minimum absolute atomic E-state index is 0.0545. The Kier molecular flexibility index (Phi) is 8.02. The molecule has 0 bridgehead atoms. The summed E-state index contributed by atoms with van der Waals surface area (Å²) in [5, 5.41) is 0. The van der Waals surface area contributed by atoms with Crippen molar-refractivity contribution in [3.8, 4) is 5.75 Å². The van der Waals surface area contributed by atoms with E-state index in [0.29, 0.717) is 0 Å². The summed E-state index contributed by atoms with van der Waals surface area (Å²) >= 11 is 0. The molecule has 0 unspecified atom stereocenters. The van der Waals surface area contributed by atoms with Crippen LogP contribution >= 0.6 is 0 Å². The fourth-order valence-corrected chi connectivity index (χ4v) is 2.25. The first-order valence-corrected chi connectivity index (χ1v) is 8.43. The third-order valence-corrected chi connectivity index (χ3v) is 4.01. The van der Waals surface area contributed by atoms with Gasteiger partial charge in [-0.1, -0.05) is 12.1 Å². The van der Waals surface area contributed by atoms with Gasteiger partial charge in [-0.2, -0.15) is 43.9 Å². The quantitative estimate of drug-likeness (QED) is 0.400. The van der Waals surface area contributed by atoms with Crippen molar-refractivity contribution in [2.75, 3.05) is 20.2 Å². The normalized spacial score (nSPS) is 14.0. The molecule has 0 aromatic heterocycles. The third-order valence-electron chi connectivity index (χ3n) is 4.01. The molecule has 5 nitrogen and oxygen atoms in total. The van der Waals surface area contributed by atoms with Crippen molar-refractivity contribution >= 4 is 11.9 Å². The molecule has 32 heavy (non-hydrogen) atoms. The highest BCUT2D eigenvalue weighted by Crippen LogP contribution is 2.39. The van der Waals surface area contributed by atoms with Crippen LogP contribution < -0.4 is 4.74 Å². The second-order valence-corrected chi connectivity index (χ2v) is 6.16. The summed E-state index contributed by atoms with van der Waals surface area (Å²) in [6, 6.07) is 4.31. The molecule has 0 saturated heterocycles. The molecular weight excluding hydrogens is 472 g/mol. The van der Waals surface area contributed by atoms with E-state index in [9.17, 15) is 53.5 Å². The van der Waals surface area contributed by atoms with Crippen LogP contribution in [0.25, 0.3) is 0 Å². The molecule has 1 amide bonds. The maximum Gasteiger partial charge on any atom is 0.465 e. The van der Waals surface area contributed by atoms with Crippen molar-refractivity contribution in [3.05, 3.63) is 29.8 Å². The van der Waals surface area contributed by atoms with Crippen molar-refractivity contribution in [3.63, 3.8) is 0 Å². The summed E-state index contributed by atoms with van der Waals surface area (Å²) in [6.45, 7) is -1.33. The molecule has 1 atom stereocenters. The molecule has 1 aromatic carbocycles. The van der Waals surface area contributed by atoms with Gasteiger partial charge in [-0.05, 0) is 24.6 Å². The van der Waals surface area contributed by atoms with Crippen LogP contribution in [0.2, 0.25) is 0 Å². The van der Waals surface area contributed by atoms with E-state index in [1.165, 1.54) is 6.07 Å². The zero-order chi connectivity index (χ0) is 25.1. The van der Waals surface area contributed by atoms with Crippen LogP contribution in [0.5, 0.6) is 5.75 Å². The molecule has 0 aliphatic heterocycles. The maximum atomic E-state index is 13.4. The minimum atomic E-state index is -6.38. The topological polar surface area (TPSA) is 55.8 Å². The molecule has 1 aromatic rings. The lowest BCUT2D eigenvalue weighted by Crippen LogP contribution is -2.53. The van der Waals surface area contributed by atoms with E-state index in [1.54, 1.807) is 0 Å². The van der Waals surface area contributed by atoms with E-state index in [2.05, 4.69) is 4.74 Å². The van der Waals surface area contributed by atoms with Gasteiger partial charge in [-0.15, -0.1) is 0 Å². The number of nitrogens with zero attached hydrogens (tertiary/aromatic N) is 1. The Bertz CT molecular complexity index is 822. The highest BCUT2D eigenvalue weighted by Gasteiger charge is 2.66. The number of benzene rings is 1. The van der Waals surface area contributed by atoms with Gasteiger partial charge in [-0.3, -0.25) is 4.79 Å². The van der Waals surface area contributed by atoms with Crippen LogP contribution in [0.4, 0.5) is 43.9 Å². The number of hydrogen-bond acceptors (Lipinski definition) is 4. The minimum Gasteiger partial charge on any atom is -0.497 e. The predicted octanol–water partition coefficient (Wildman–Crippen LogP) is 4.52. The van der Waals surface area contributed by atoms with Gasteiger partial charge >= 0.3 is 36.1 Å². The largest absolute Gasteiger partial charge is 0.497 e. The van der Waals surface area contributed by atoms with Crippen LogP contribution in [0.15, 0.2) is 24.3 Å². The summed E-state index contributed by atoms with van der Waals surface area (Å²) in [7, 11) is 1.11. The number of alkyl halides is 10. The number of likely N-dealkylation sites (N-methyl/N-ethyl adjacent to an activating group) is 1. The van der Waals surface area contributed by atoms with Crippen molar-refractivity contribution in [1.82, 2.24) is 4.90 Å². The number of amides is 1. The monoisotopic (exact) mass is 487 g/mol. The number of halogens is 10. The summed E-state index contributed by atoms with van der Waals surface area (Å²) in [5.74, 6) is -18.0. The van der Waals surface area contributed by atoms with Crippen molar-refractivity contribution in [1.29, 1.82) is 0 Å². The molecule has 0 aliphatic carbocycles. The van der Waals surface area contributed by atoms with Gasteiger partial charge in [-0.25, -0.2) is 4.79 Å². The van der Waals surface area contributed by atoms with Gasteiger partial charge < -0.3 is 14.4 Å². The fourth-order valence-electron chi connectivity index (χ4n) is 2.25. The molecular formula is C17H15F10NO4. The lowest BCUT2D eigenvalue weighted by atomic mass is 10.1. The highest BCUT2D eigenvalue weighted by molar-refractivity contribution is 5.84. The van der Waals surface area contributed by atoms with Gasteiger partial charge in [0.05, 0.1) is 13.7 Å². The summed E-state index contributed by atoms with van der Waals surface area (Å²) < 4.78 is 137. The first kappa shape index (κ1) is 27.3. The predicted molar refractivity (Wildman–Crippen MR) is 86.1 cm³/mol.